The van der Waals surface area contributed by atoms with E-state index in [0.29, 0.717) is 16.3 Å². The normalized spacial score (nSPS) is 10.1. The van der Waals surface area contributed by atoms with E-state index in [9.17, 15) is 14.0 Å². The Balaban J connectivity index is 1.55. The van der Waals surface area contributed by atoms with Crippen molar-refractivity contribution in [1.29, 1.82) is 0 Å². The molecule has 0 aliphatic rings. The lowest BCUT2D eigenvalue weighted by molar-refractivity contribution is 0.0976. The van der Waals surface area contributed by atoms with Gasteiger partial charge in [-0.2, -0.15) is 0 Å². The first-order valence-corrected chi connectivity index (χ1v) is 9.13. The quantitative estimate of drug-likeness (QED) is 0.573. The van der Waals surface area contributed by atoms with Crippen LogP contribution in [0, 0.1) is 5.82 Å². The van der Waals surface area contributed by atoms with E-state index in [0.717, 1.165) is 6.07 Å². The predicted molar refractivity (Wildman–Crippen MR) is 109 cm³/mol. The van der Waals surface area contributed by atoms with Crippen LogP contribution in [0.5, 0.6) is 0 Å². The van der Waals surface area contributed by atoms with Gasteiger partial charge in [0.1, 0.15) is 5.82 Å². The molecule has 27 heavy (non-hydrogen) atoms. The van der Waals surface area contributed by atoms with Gasteiger partial charge in [0.25, 0.3) is 11.8 Å². The van der Waals surface area contributed by atoms with E-state index in [1.54, 1.807) is 30.3 Å². The lowest BCUT2D eigenvalue weighted by Gasteiger charge is -2.10. The molecular formula is C19H14FN3O2S2. The molecule has 0 bridgehead atoms. The molecule has 1 heterocycles. The van der Waals surface area contributed by atoms with Crippen molar-refractivity contribution in [3.05, 3.63) is 82.3 Å². The second-order valence-corrected chi connectivity index (χ2v) is 6.78. The van der Waals surface area contributed by atoms with Crippen LogP contribution in [0.1, 0.15) is 20.0 Å². The van der Waals surface area contributed by atoms with E-state index in [2.05, 4.69) is 16.0 Å². The molecule has 2 amide bonds. The number of thiocarbonyl (C=S) groups is 1. The average Bonchev–Trinajstić information content (AvgIpc) is 3.18. The van der Waals surface area contributed by atoms with Crippen molar-refractivity contribution in [3.63, 3.8) is 0 Å². The smallest absolute Gasteiger partial charge is 0.265 e. The van der Waals surface area contributed by atoms with Crippen molar-refractivity contribution in [3.8, 4) is 0 Å². The fraction of sp³-hybridized carbons (Fsp3) is 0. The third-order valence-corrected chi connectivity index (χ3v) is 4.53. The summed E-state index contributed by atoms with van der Waals surface area (Å²) in [7, 11) is 0. The van der Waals surface area contributed by atoms with Crippen molar-refractivity contribution < 1.29 is 14.0 Å². The van der Waals surface area contributed by atoms with Gasteiger partial charge in [-0.15, -0.1) is 11.3 Å². The van der Waals surface area contributed by atoms with Crippen LogP contribution in [0.25, 0.3) is 0 Å². The number of nitrogens with one attached hydrogen (secondary N) is 3. The lowest BCUT2D eigenvalue weighted by Crippen LogP contribution is -2.34. The molecular weight excluding hydrogens is 385 g/mol. The lowest BCUT2D eigenvalue weighted by atomic mass is 10.2. The fourth-order valence-corrected chi connectivity index (χ4v) is 3.03. The Hall–Kier alpha value is -3.10. The zero-order valence-electron chi connectivity index (χ0n) is 13.9. The van der Waals surface area contributed by atoms with Gasteiger partial charge in [0.15, 0.2) is 5.11 Å². The van der Waals surface area contributed by atoms with Crippen LogP contribution in [0.4, 0.5) is 15.8 Å². The number of anilines is 2. The van der Waals surface area contributed by atoms with Gasteiger partial charge in [0.2, 0.25) is 0 Å². The van der Waals surface area contributed by atoms with Crippen molar-refractivity contribution in [1.82, 2.24) is 5.32 Å². The largest absolute Gasteiger partial charge is 0.332 e. The molecule has 0 spiro atoms. The predicted octanol–water partition coefficient (Wildman–Crippen LogP) is 4.27. The summed E-state index contributed by atoms with van der Waals surface area (Å²) >= 11 is 6.46. The monoisotopic (exact) mass is 399 g/mol. The molecule has 1 aromatic heterocycles. The van der Waals surface area contributed by atoms with Crippen LogP contribution < -0.4 is 16.0 Å². The van der Waals surface area contributed by atoms with Crippen LogP contribution >= 0.6 is 23.6 Å². The van der Waals surface area contributed by atoms with Crippen molar-refractivity contribution in [2.75, 3.05) is 10.6 Å². The SMILES string of the molecule is O=C(NC(=S)Nc1ccc(NC(=O)c2cccs2)cc1)c1cccc(F)c1. The number of halogens is 1. The molecule has 2 aromatic carbocycles. The van der Waals surface area contributed by atoms with Crippen LogP contribution in [0.2, 0.25) is 0 Å². The summed E-state index contributed by atoms with van der Waals surface area (Å²) in [5.74, 6) is -1.18. The highest BCUT2D eigenvalue weighted by atomic mass is 32.1. The zero-order chi connectivity index (χ0) is 19.2. The Bertz CT molecular complexity index is 973. The topological polar surface area (TPSA) is 70.2 Å². The molecule has 5 nitrogen and oxygen atoms in total. The average molecular weight is 399 g/mol. The maximum absolute atomic E-state index is 13.2. The van der Waals surface area contributed by atoms with Gasteiger partial charge in [-0.3, -0.25) is 14.9 Å². The molecule has 0 atom stereocenters. The van der Waals surface area contributed by atoms with Gasteiger partial charge in [-0.25, -0.2) is 4.39 Å². The van der Waals surface area contributed by atoms with Gasteiger partial charge in [-0.05, 0) is 66.1 Å². The number of rotatable bonds is 4. The third kappa shape index (κ3) is 5.19. The van der Waals surface area contributed by atoms with Crippen LogP contribution in [-0.4, -0.2) is 16.9 Å². The Morgan fingerprint density at radius 3 is 2.22 bits per heavy atom. The molecule has 3 aromatic rings. The standard InChI is InChI=1S/C19H14FN3O2S2/c20-13-4-1-3-12(11-13)17(24)23-19(26)22-15-8-6-14(7-9-15)21-18(25)16-5-2-10-27-16/h1-11H,(H,21,25)(H2,22,23,24,26). The zero-order valence-corrected chi connectivity index (χ0v) is 15.5. The fourth-order valence-electron chi connectivity index (χ4n) is 2.20. The minimum Gasteiger partial charge on any atom is -0.332 e. The first-order chi connectivity index (χ1) is 13.0. The third-order valence-electron chi connectivity index (χ3n) is 3.46. The van der Waals surface area contributed by atoms with E-state index < -0.39 is 11.7 Å². The molecule has 136 valence electrons. The summed E-state index contributed by atoms with van der Waals surface area (Å²) in [4.78, 5) is 24.7. The number of thiophene rings is 1. The van der Waals surface area contributed by atoms with Gasteiger partial charge in [-0.1, -0.05) is 12.1 Å². The minimum absolute atomic E-state index is 0.0830. The molecule has 0 radical (unpaired) electrons. The number of benzene rings is 2. The van der Waals surface area contributed by atoms with E-state index >= 15 is 0 Å². The number of carbonyl (C=O) groups excluding carboxylic acids is 2. The highest BCUT2D eigenvalue weighted by molar-refractivity contribution is 7.80. The number of amides is 2. The van der Waals surface area contributed by atoms with Gasteiger partial charge in [0, 0.05) is 16.9 Å². The minimum atomic E-state index is -0.508. The second-order valence-electron chi connectivity index (χ2n) is 5.43. The van der Waals surface area contributed by atoms with Crippen LogP contribution in [0.15, 0.2) is 66.0 Å². The van der Waals surface area contributed by atoms with E-state index in [1.807, 2.05) is 11.4 Å². The molecule has 0 saturated carbocycles. The van der Waals surface area contributed by atoms with E-state index in [1.165, 1.54) is 29.5 Å². The molecule has 0 fully saturated rings. The second kappa shape index (κ2) is 8.52. The Morgan fingerprint density at radius 2 is 1.59 bits per heavy atom. The van der Waals surface area contributed by atoms with Crippen LogP contribution in [0.3, 0.4) is 0 Å². The summed E-state index contributed by atoms with van der Waals surface area (Å²) in [5, 5.41) is 10.1. The summed E-state index contributed by atoms with van der Waals surface area (Å²) < 4.78 is 13.2. The summed E-state index contributed by atoms with van der Waals surface area (Å²) in [6.07, 6.45) is 0. The van der Waals surface area contributed by atoms with E-state index in [4.69, 9.17) is 12.2 Å². The number of hydrogen-bond donors (Lipinski definition) is 3. The summed E-state index contributed by atoms with van der Waals surface area (Å²) in [6, 6.07) is 15.7. The van der Waals surface area contributed by atoms with Gasteiger partial charge < -0.3 is 10.6 Å². The number of carbonyl (C=O) groups is 2. The maximum atomic E-state index is 13.2. The summed E-state index contributed by atoms with van der Waals surface area (Å²) in [5.41, 5.74) is 1.44. The Kier molecular flexibility index (Phi) is 5.90. The molecule has 8 heteroatoms. The molecule has 0 unspecified atom stereocenters. The van der Waals surface area contributed by atoms with E-state index in [-0.39, 0.29) is 16.6 Å². The first-order valence-electron chi connectivity index (χ1n) is 7.84. The summed E-state index contributed by atoms with van der Waals surface area (Å²) in [6.45, 7) is 0. The van der Waals surface area contributed by atoms with Gasteiger partial charge in [0.05, 0.1) is 4.88 Å². The Labute approximate surface area is 164 Å². The van der Waals surface area contributed by atoms with Crippen molar-refractivity contribution in [2.45, 2.75) is 0 Å². The van der Waals surface area contributed by atoms with Crippen molar-refractivity contribution in [2.24, 2.45) is 0 Å². The first kappa shape index (κ1) is 18.7. The molecule has 3 rings (SSSR count). The molecule has 0 saturated heterocycles. The van der Waals surface area contributed by atoms with Crippen molar-refractivity contribution >= 4 is 51.9 Å². The van der Waals surface area contributed by atoms with Gasteiger partial charge >= 0.3 is 0 Å². The molecule has 0 aliphatic carbocycles. The maximum Gasteiger partial charge on any atom is 0.265 e. The highest BCUT2D eigenvalue weighted by Gasteiger charge is 2.09. The molecule has 0 aliphatic heterocycles. The Morgan fingerprint density at radius 1 is 0.889 bits per heavy atom. The number of hydrogen-bond acceptors (Lipinski definition) is 4. The molecule has 3 N–H and O–H groups in total. The highest BCUT2D eigenvalue weighted by Crippen LogP contribution is 2.16. The van der Waals surface area contributed by atoms with Crippen LogP contribution in [-0.2, 0) is 0 Å².